The van der Waals surface area contributed by atoms with Gasteiger partial charge in [0.05, 0.1) is 13.0 Å². The number of nitrogens with one attached hydrogen (secondary N) is 1. The monoisotopic (exact) mass is 331 g/mol. The van der Waals surface area contributed by atoms with Crippen molar-refractivity contribution in [1.82, 2.24) is 9.80 Å². The number of nitrogens with zero attached hydrogens (tertiary/aromatic N) is 2. The van der Waals surface area contributed by atoms with Gasteiger partial charge < -0.3 is 15.3 Å². The Morgan fingerprint density at radius 2 is 1.91 bits per heavy atom. The number of β-amino-alcohol motifs (C(OH)–C–C–N with tert-alkyl or cyclic N) is 1. The summed E-state index contributed by atoms with van der Waals surface area (Å²) >= 11 is 0. The lowest BCUT2D eigenvalue weighted by Gasteiger charge is -2.34. The number of alkyl halides is 3. The Bertz CT molecular complexity index is 529. The summed E-state index contributed by atoms with van der Waals surface area (Å²) in [5.74, 6) is 0. The summed E-state index contributed by atoms with van der Waals surface area (Å²) in [7, 11) is 0. The first-order valence-corrected chi connectivity index (χ1v) is 7.42. The van der Waals surface area contributed by atoms with Crippen molar-refractivity contribution in [2.24, 2.45) is 0 Å². The van der Waals surface area contributed by atoms with Crippen LogP contribution in [0, 0.1) is 0 Å². The first-order valence-electron chi connectivity index (χ1n) is 7.42. The molecule has 128 valence electrons. The van der Waals surface area contributed by atoms with Crippen molar-refractivity contribution >= 4 is 11.7 Å². The van der Waals surface area contributed by atoms with E-state index >= 15 is 0 Å². The maximum absolute atomic E-state index is 12.4. The molecule has 1 aliphatic heterocycles. The first kappa shape index (κ1) is 17.6. The Morgan fingerprint density at radius 3 is 2.52 bits per heavy atom. The van der Waals surface area contributed by atoms with Crippen LogP contribution in [-0.2, 0) is 6.42 Å². The summed E-state index contributed by atoms with van der Waals surface area (Å²) in [6.07, 6.45) is -5.29. The molecule has 0 bridgehead atoms. The van der Waals surface area contributed by atoms with E-state index in [0.717, 1.165) is 0 Å². The van der Waals surface area contributed by atoms with Gasteiger partial charge in [0, 0.05) is 38.4 Å². The van der Waals surface area contributed by atoms with E-state index in [0.29, 0.717) is 38.4 Å². The highest BCUT2D eigenvalue weighted by molar-refractivity contribution is 5.89. The Balaban J connectivity index is 1.89. The van der Waals surface area contributed by atoms with Gasteiger partial charge in [0.1, 0.15) is 0 Å². The molecule has 23 heavy (non-hydrogen) atoms. The standard InChI is InChI=1S/C15H20F3N3O2/c16-15(17,18)11-12-2-1-3-13(10-12)19-14(23)21-6-4-20(5-7-21)8-9-22/h1-3,10,22H,4-9,11H2,(H,19,23). The molecule has 0 aromatic heterocycles. The molecule has 2 N–H and O–H groups in total. The fourth-order valence-electron chi connectivity index (χ4n) is 2.51. The summed E-state index contributed by atoms with van der Waals surface area (Å²) in [6, 6.07) is 5.47. The highest BCUT2D eigenvalue weighted by Crippen LogP contribution is 2.23. The Kier molecular flexibility index (Phi) is 5.84. The Labute approximate surface area is 132 Å². The summed E-state index contributed by atoms with van der Waals surface area (Å²) in [6.45, 7) is 3.04. The quantitative estimate of drug-likeness (QED) is 0.886. The predicted molar refractivity (Wildman–Crippen MR) is 80.3 cm³/mol. The number of halogens is 3. The second kappa shape index (κ2) is 7.65. The van der Waals surface area contributed by atoms with E-state index in [4.69, 9.17) is 5.11 Å². The molecule has 1 fully saturated rings. The normalized spacial score (nSPS) is 16.4. The molecule has 5 nitrogen and oxygen atoms in total. The maximum atomic E-state index is 12.4. The highest BCUT2D eigenvalue weighted by atomic mass is 19.4. The molecular formula is C15H20F3N3O2. The van der Waals surface area contributed by atoms with Crippen molar-refractivity contribution in [1.29, 1.82) is 0 Å². The molecule has 0 aliphatic carbocycles. The van der Waals surface area contributed by atoms with Gasteiger partial charge in [0.2, 0.25) is 0 Å². The molecule has 0 spiro atoms. The van der Waals surface area contributed by atoms with Crippen molar-refractivity contribution in [2.75, 3.05) is 44.6 Å². The van der Waals surface area contributed by atoms with Crippen LogP contribution in [0.2, 0.25) is 0 Å². The Morgan fingerprint density at radius 1 is 1.22 bits per heavy atom. The molecule has 0 atom stereocenters. The lowest BCUT2D eigenvalue weighted by molar-refractivity contribution is -0.127. The third-order valence-electron chi connectivity index (χ3n) is 3.66. The minimum atomic E-state index is -4.27. The number of benzene rings is 1. The Hall–Kier alpha value is -1.80. The van der Waals surface area contributed by atoms with Gasteiger partial charge in [0.15, 0.2) is 0 Å². The summed E-state index contributed by atoms with van der Waals surface area (Å²) in [5.41, 5.74) is 0.470. The van der Waals surface area contributed by atoms with Gasteiger partial charge in [-0.1, -0.05) is 12.1 Å². The molecule has 8 heteroatoms. The number of carbonyl (C=O) groups excluding carboxylic acids is 1. The van der Waals surface area contributed by atoms with E-state index in [1.54, 1.807) is 11.0 Å². The van der Waals surface area contributed by atoms with Crippen LogP contribution in [0.3, 0.4) is 0 Å². The van der Waals surface area contributed by atoms with Crippen LogP contribution in [-0.4, -0.2) is 66.4 Å². The fraction of sp³-hybridized carbons (Fsp3) is 0.533. The van der Waals surface area contributed by atoms with Crippen LogP contribution in [0.25, 0.3) is 0 Å². The molecule has 2 amide bonds. The van der Waals surface area contributed by atoms with Crippen LogP contribution in [0.4, 0.5) is 23.7 Å². The third kappa shape index (κ3) is 5.72. The van der Waals surface area contributed by atoms with Crippen molar-refractivity contribution in [2.45, 2.75) is 12.6 Å². The van der Waals surface area contributed by atoms with Crippen LogP contribution in [0.15, 0.2) is 24.3 Å². The number of anilines is 1. The summed E-state index contributed by atoms with van der Waals surface area (Å²) in [4.78, 5) is 15.8. The lowest BCUT2D eigenvalue weighted by atomic mass is 10.1. The fourth-order valence-corrected chi connectivity index (χ4v) is 2.51. The molecule has 0 unspecified atom stereocenters. The van der Waals surface area contributed by atoms with E-state index in [-0.39, 0.29) is 18.2 Å². The molecule has 0 saturated carbocycles. The lowest BCUT2D eigenvalue weighted by Crippen LogP contribution is -2.50. The zero-order valence-electron chi connectivity index (χ0n) is 12.6. The number of carbonyl (C=O) groups is 1. The number of aliphatic hydroxyl groups is 1. The third-order valence-corrected chi connectivity index (χ3v) is 3.66. The number of rotatable bonds is 4. The average Bonchev–Trinajstić information content (AvgIpc) is 2.47. The number of aliphatic hydroxyl groups excluding tert-OH is 1. The summed E-state index contributed by atoms with van der Waals surface area (Å²) < 4.78 is 37.2. The number of piperazine rings is 1. The smallest absolute Gasteiger partial charge is 0.393 e. The van der Waals surface area contributed by atoms with Crippen molar-refractivity contribution < 1.29 is 23.1 Å². The van der Waals surface area contributed by atoms with Crippen LogP contribution < -0.4 is 5.32 Å². The van der Waals surface area contributed by atoms with Crippen molar-refractivity contribution in [3.8, 4) is 0 Å². The van der Waals surface area contributed by atoms with E-state index in [1.165, 1.54) is 18.2 Å². The summed E-state index contributed by atoms with van der Waals surface area (Å²) in [5, 5.41) is 11.5. The minimum Gasteiger partial charge on any atom is -0.395 e. The molecule has 1 aliphatic rings. The highest BCUT2D eigenvalue weighted by Gasteiger charge is 2.27. The molecule has 1 saturated heterocycles. The van der Waals surface area contributed by atoms with Gasteiger partial charge in [-0.25, -0.2) is 4.79 Å². The predicted octanol–water partition coefficient (Wildman–Crippen LogP) is 1.93. The van der Waals surface area contributed by atoms with Gasteiger partial charge in [-0.05, 0) is 17.7 Å². The van der Waals surface area contributed by atoms with E-state index in [2.05, 4.69) is 5.32 Å². The first-order chi connectivity index (χ1) is 10.9. The van der Waals surface area contributed by atoms with Crippen LogP contribution in [0.5, 0.6) is 0 Å². The van der Waals surface area contributed by atoms with Gasteiger partial charge in [-0.15, -0.1) is 0 Å². The number of amides is 2. The topological polar surface area (TPSA) is 55.8 Å². The SMILES string of the molecule is O=C(Nc1cccc(CC(F)(F)F)c1)N1CCN(CCO)CC1. The molecule has 2 rings (SSSR count). The zero-order chi connectivity index (χ0) is 16.9. The minimum absolute atomic E-state index is 0.0815. The molecule has 0 radical (unpaired) electrons. The zero-order valence-corrected chi connectivity index (χ0v) is 12.6. The number of hydrogen-bond acceptors (Lipinski definition) is 3. The van der Waals surface area contributed by atoms with Crippen LogP contribution in [0.1, 0.15) is 5.56 Å². The van der Waals surface area contributed by atoms with E-state index < -0.39 is 12.6 Å². The molecule has 1 heterocycles. The van der Waals surface area contributed by atoms with E-state index in [9.17, 15) is 18.0 Å². The second-order valence-corrected chi connectivity index (χ2v) is 5.47. The van der Waals surface area contributed by atoms with Crippen LogP contribution >= 0.6 is 0 Å². The van der Waals surface area contributed by atoms with Crippen molar-refractivity contribution in [3.63, 3.8) is 0 Å². The molecule has 1 aromatic carbocycles. The van der Waals surface area contributed by atoms with Gasteiger partial charge in [-0.2, -0.15) is 13.2 Å². The molecule has 1 aromatic rings. The number of hydrogen-bond donors (Lipinski definition) is 2. The van der Waals surface area contributed by atoms with Gasteiger partial charge in [0.25, 0.3) is 0 Å². The maximum Gasteiger partial charge on any atom is 0.393 e. The second-order valence-electron chi connectivity index (χ2n) is 5.47. The molecular weight excluding hydrogens is 311 g/mol. The van der Waals surface area contributed by atoms with Gasteiger partial charge in [-0.3, -0.25) is 4.90 Å². The average molecular weight is 331 g/mol. The number of urea groups is 1. The van der Waals surface area contributed by atoms with Crippen molar-refractivity contribution in [3.05, 3.63) is 29.8 Å². The van der Waals surface area contributed by atoms with Gasteiger partial charge >= 0.3 is 12.2 Å². The van der Waals surface area contributed by atoms with E-state index in [1.807, 2.05) is 4.90 Å². The largest absolute Gasteiger partial charge is 0.395 e.